The van der Waals surface area contributed by atoms with Crippen molar-refractivity contribution in [2.24, 2.45) is 13.0 Å². The first-order chi connectivity index (χ1) is 9.75. The highest BCUT2D eigenvalue weighted by atomic mass is 16.1. The maximum Gasteiger partial charge on any atom is 0.252 e. The Bertz CT molecular complexity index is 656. The van der Waals surface area contributed by atoms with Gasteiger partial charge >= 0.3 is 0 Å². The van der Waals surface area contributed by atoms with Crippen molar-refractivity contribution in [1.29, 1.82) is 0 Å². The van der Waals surface area contributed by atoms with Crippen LogP contribution in [-0.4, -0.2) is 24.2 Å². The van der Waals surface area contributed by atoms with E-state index in [2.05, 4.69) is 16.7 Å². The highest BCUT2D eigenvalue weighted by Gasteiger charge is 2.14. The van der Waals surface area contributed by atoms with E-state index in [0.717, 1.165) is 48.6 Å². The number of benzene rings is 1. The van der Waals surface area contributed by atoms with Gasteiger partial charge in [-0.3, -0.25) is 4.79 Å². The van der Waals surface area contributed by atoms with Gasteiger partial charge in [0.05, 0.1) is 5.52 Å². The highest BCUT2D eigenvalue weighted by molar-refractivity contribution is 5.91. The molecule has 1 atom stereocenters. The Morgan fingerprint density at radius 3 is 3.05 bits per heavy atom. The molecule has 2 heterocycles. The van der Waals surface area contributed by atoms with Crippen LogP contribution in [0.25, 0.3) is 10.9 Å². The summed E-state index contributed by atoms with van der Waals surface area (Å²) in [6.07, 6.45) is 2.41. The molecule has 4 nitrogen and oxygen atoms in total. The van der Waals surface area contributed by atoms with E-state index < -0.39 is 0 Å². The number of aryl methyl sites for hydroxylation is 1. The van der Waals surface area contributed by atoms with Crippen LogP contribution in [0.3, 0.4) is 0 Å². The summed E-state index contributed by atoms with van der Waals surface area (Å²) in [5.41, 5.74) is 1.97. The summed E-state index contributed by atoms with van der Waals surface area (Å²) in [4.78, 5) is 12.0. The van der Waals surface area contributed by atoms with E-state index in [0.29, 0.717) is 0 Å². The van der Waals surface area contributed by atoms with E-state index in [1.807, 2.05) is 25.2 Å². The van der Waals surface area contributed by atoms with E-state index in [-0.39, 0.29) is 5.56 Å². The molecule has 20 heavy (non-hydrogen) atoms. The Hall–Kier alpha value is -1.81. The fraction of sp³-hybridized carbons (Fsp3) is 0.438. The summed E-state index contributed by atoms with van der Waals surface area (Å²) in [5, 5.41) is 7.94. The lowest BCUT2D eigenvalue weighted by atomic mass is 10.1. The number of hydrogen-bond donors (Lipinski definition) is 2. The van der Waals surface area contributed by atoms with Crippen LogP contribution in [0.4, 0.5) is 5.69 Å². The van der Waals surface area contributed by atoms with Crippen molar-refractivity contribution < 1.29 is 0 Å². The maximum atomic E-state index is 12.0. The van der Waals surface area contributed by atoms with Crippen molar-refractivity contribution in [3.05, 3.63) is 40.7 Å². The molecule has 2 aromatic rings. The second kappa shape index (κ2) is 5.67. The first-order valence-electron chi connectivity index (χ1n) is 7.29. The number of para-hydroxylation sites is 1. The largest absolute Gasteiger partial charge is 0.384 e. The first-order valence-corrected chi connectivity index (χ1v) is 7.29. The van der Waals surface area contributed by atoms with Crippen molar-refractivity contribution >= 4 is 16.6 Å². The van der Waals surface area contributed by atoms with E-state index >= 15 is 0 Å². The van der Waals surface area contributed by atoms with Crippen LogP contribution in [0.15, 0.2) is 35.1 Å². The van der Waals surface area contributed by atoms with E-state index in [9.17, 15) is 4.79 Å². The molecule has 0 aliphatic carbocycles. The monoisotopic (exact) mass is 271 g/mol. The van der Waals surface area contributed by atoms with Crippen LogP contribution >= 0.6 is 0 Å². The lowest BCUT2D eigenvalue weighted by Gasteiger charge is -2.13. The molecule has 1 fully saturated rings. The molecule has 0 amide bonds. The van der Waals surface area contributed by atoms with Gasteiger partial charge in [-0.25, -0.2) is 0 Å². The maximum absolute atomic E-state index is 12.0. The number of nitrogens with one attached hydrogen (secondary N) is 2. The summed E-state index contributed by atoms with van der Waals surface area (Å²) < 4.78 is 1.70. The molecule has 1 aromatic carbocycles. The lowest BCUT2D eigenvalue weighted by Crippen LogP contribution is -2.18. The first kappa shape index (κ1) is 13.2. The Morgan fingerprint density at radius 1 is 1.40 bits per heavy atom. The lowest BCUT2D eigenvalue weighted by molar-refractivity contribution is 0.549. The van der Waals surface area contributed by atoms with Gasteiger partial charge in [-0.2, -0.15) is 0 Å². The zero-order valence-corrected chi connectivity index (χ0v) is 11.9. The van der Waals surface area contributed by atoms with Crippen molar-refractivity contribution in [2.75, 3.05) is 25.0 Å². The van der Waals surface area contributed by atoms with Crippen LogP contribution in [0, 0.1) is 5.92 Å². The Kier molecular flexibility index (Phi) is 3.74. The average molecular weight is 271 g/mol. The molecule has 0 spiro atoms. The molecule has 0 radical (unpaired) electrons. The highest BCUT2D eigenvalue weighted by Crippen LogP contribution is 2.21. The molecule has 0 saturated carbocycles. The molecule has 2 N–H and O–H groups in total. The normalized spacial score (nSPS) is 18.6. The Morgan fingerprint density at radius 2 is 2.25 bits per heavy atom. The molecule has 0 bridgehead atoms. The average Bonchev–Trinajstić information content (AvgIpc) is 2.97. The number of anilines is 1. The predicted molar refractivity (Wildman–Crippen MR) is 83.3 cm³/mol. The molecule has 1 aliphatic heterocycles. The topological polar surface area (TPSA) is 46.1 Å². The summed E-state index contributed by atoms with van der Waals surface area (Å²) in [5.74, 6) is 0.764. The summed E-state index contributed by atoms with van der Waals surface area (Å²) in [6, 6.07) is 9.74. The van der Waals surface area contributed by atoms with Crippen molar-refractivity contribution in [3.8, 4) is 0 Å². The number of hydrogen-bond acceptors (Lipinski definition) is 3. The van der Waals surface area contributed by atoms with Gasteiger partial charge in [0.25, 0.3) is 5.56 Å². The molecule has 3 rings (SSSR count). The standard InChI is InChI=1S/C16H21N3O/c1-19-15-5-3-2-4-13(15)14(10-16(19)20)18-9-7-12-6-8-17-11-12/h2-5,10,12,17-18H,6-9,11H2,1H3. The Labute approximate surface area is 118 Å². The van der Waals surface area contributed by atoms with Gasteiger partial charge in [-0.1, -0.05) is 18.2 Å². The quantitative estimate of drug-likeness (QED) is 0.893. The Balaban J connectivity index is 1.80. The SMILES string of the molecule is Cn1c(=O)cc(NCCC2CCNC2)c2ccccc21. The summed E-state index contributed by atoms with van der Waals surface area (Å²) in [7, 11) is 1.82. The molecule has 1 aromatic heterocycles. The van der Waals surface area contributed by atoms with Gasteiger partial charge in [0, 0.05) is 30.7 Å². The number of fused-ring (bicyclic) bond motifs is 1. The zero-order valence-electron chi connectivity index (χ0n) is 11.9. The molecule has 1 aliphatic rings. The van der Waals surface area contributed by atoms with Gasteiger partial charge in [0.1, 0.15) is 0 Å². The number of aromatic nitrogens is 1. The van der Waals surface area contributed by atoms with Crippen LogP contribution in [0.5, 0.6) is 0 Å². The molecule has 1 saturated heterocycles. The van der Waals surface area contributed by atoms with E-state index in [1.54, 1.807) is 10.6 Å². The second-order valence-corrected chi connectivity index (χ2v) is 5.55. The van der Waals surface area contributed by atoms with E-state index in [1.165, 1.54) is 6.42 Å². The van der Waals surface area contributed by atoms with Crippen molar-refractivity contribution in [3.63, 3.8) is 0 Å². The van der Waals surface area contributed by atoms with Gasteiger partial charge in [0.15, 0.2) is 0 Å². The molecule has 4 heteroatoms. The third-order valence-electron chi connectivity index (χ3n) is 4.18. The minimum atomic E-state index is 0.0359. The summed E-state index contributed by atoms with van der Waals surface area (Å²) in [6.45, 7) is 3.18. The van der Waals surface area contributed by atoms with Crippen LogP contribution in [0.2, 0.25) is 0 Å². The molecular weight excluding hydrogens is 250 g/mol. The smallest absolute Gasteiger partial charge is 0.252 e. The third kappa shape index (κ3) is 2.56. The third-order valence-corrected chi connectivity index (χ3v) is 4.18. The summed E-state index contributed by atoms with van der Waals surface area (Å²) >= 11 is 0. The fourth-order valence-electron chi connectivity index (χ4n) is 2.93. The van der Waals surface area contributed by atoms with Gasteiger partial charge in [-0.15, -0.1) is 0 Å². The zero-order chi connectivity index (χ0) is 13.9. The van der Waals surface area contributed by atoms with Crippen molar-refractivity contribution in [1.82, 2.24) is 9.88 Å². The predicted octanol–water partition coefficient (Wildman–Crippen LogP) is 1.95. The van der Waals surface area contributed by atoms with Crippen LogP contribution in [0.1, 0.15) is 12.8 Å². The fourth-order valence-corrected chi connectivity index (χ4v) is 2.93. The number of nitrogens with zero attached hydrogens (tertiary/aromatic N) is 1. The molecule has 1 unspecified atom stereocenters. The van der Waals surface area contributed by atoms with Gasteiger partial charge in [-0.05, 0) is 37.9 Å². The molecular formula is C16H21N3O. The van der Waals surface area contributed by atoms with Crippen molar-refractivity contribution in [2.45, 2.75) is 12.8 Å². The minimum absolute atomic E-state index is 0.0359. The number of pyridine rings is 1. The second-order valence-electron chi connectivity index (χ2n) is 5.55. The minimum Gasteiger partial charge on any atom is -0.384 e. The molecule has 106 valence electrons. The van der Waals surface area contributed by atoms with Gasteiger partial charge in [0.2, 0.25) is 0 Å². The van der Waals surface area contributed by atoms with Crippen LogP contribution in [-0.2, 0) is 7.05 Å². The number of rotatable bonds is 4. The van der Waals surface area contributed by atoms with E-state index in [4.69, 9.17) is 0 Å². The van der Waals surface area contributed by atoms with Crippen LogP contribution < -0.4 is 16.2 Å². The van der Waals surface area contributed by atoms with Gasteiger partial charge < -0.3 is 15.2 Å².